The largest absolute Gasteiger partial charge is 0.476 e. The lowest BCUT2D eigenvalue weighted by Gasteiger charge is -2.30. The van der Waals surface area contributed by atoms with Crippen molar-refractivity contribution in [2.75, 3.05) is 11.4 Å². The second-order valence-electron chi connectivity index (χ2n) is 6.18. The topological polar surface area (TPSA) is 83.6 Å². The van der Waals surface area contributed by atoms with Crippen LogP contribution in [0.1, 0.15) is 32.9 Å². The van der Waals surface area contributed by atoms with Crippen LogP contribution >= 0.6 is 0 Å². The van der Waals surface area contributed by atoms with Gasteiger partial charge in [0.1, 0.15) is 0 Å². The minimum Gasteiger partial charge on any atom is -0.476 e. The fourth-order valence-corrected chi connectivity index (χ4v) is 3.15. The summed E-state index contributed by atoms with van der Waals surface area (Å²) in [6.45, 7) is 5.61. The van der Waals surface area contributed by atoms with E-state index in [0.29, 0.717) is 5.65 Å². The summed E-state index contributed by atoms with van der Waals surface area (Å²) in [6.07, 6.45) is 4.23. The van der Waals surface area contributed by atoms with Crippen LogP contribution in [0.3, 0.4) is 0 Å². The lowest BCUT2D eigenvalue weighted by Crippen LogP contribution is -2.32. The summed E-state index contributed by atoms with van der Waals surface area (Å²) in [5, 5.41) is 13.7. The monoisotopic (exact) mass is 323 g/mol. The third kappa shape index (κ3) is 2.38. The van der Waals surface area contributed by atoms with Gasteiger partial charge in [-0.3, -0.25) is 4.98 Å². The fourth-order valence-electron chi connectivity index (χ4n) is 3.15. The van der Waals surface area contributed by atoms with Crippen molar-refractivity contribution in [1.82, 2.24) is 19.6 Å². The van der Waals surface area contributed by atoms with Crippen LogP contribution in [-0.2, 0) is 13.0 Å². The van der Waals surface area contributed by atoms with E-state index in [4.69, 9.17) is 5.11 Å². The number of carboxylic acid groups (broad SMARTS) is 1. The number of hydrogen-bond donors (Lipinski definition) is 1. The van der Waals surface area contributed by atoms with Crippen LogP contribution in [0.5, 0.6) is 0 Å². The highest BCUT2D eigenvalue weighted by atomic mass is 16.4. The van der Waals surface area contributed by atoms with Gasteiger partial charge in [0, 0.05) is 31.4 Å². The van der Waals surface area contributed by atoms with E-state index in [-0.39, 0.29) is 5.69 Å². The van der Waals surface area contributed by atoms with Crippen LogP contribution in [0.15, 0.2) is 24.5 Å². The molecule has 3 aromatic heterocycles. The summed E-state index contributed by atoms with van der Waals surface area (Å²) >= 11 is 0. The number of fused-ring (bicyclic) bond motifs is 2. The lowest BCUT2D eigenvalue weighted by molar-refractivity contribution is 0.0691. The molecule has 0 aromatic carbocycles. The van der Waals surface area contributed by atoms with E-state index in [2.05, 4.69) is 26.0 Å². The van der Waals surface area contributed by atoms with Crippen molar-refractivity contribution in [2.24, 2.45) is 0 Å². The number of pyridine rings is 1. The van der Waals surface area contributed by atoms with Crippen LogP contribution in [0.2, 0.25) is 0 Å². The zero-order valence-corrected chi connectivity index (χ0v) is 13.5. The van der Waals surface area contributed by atoms with Gasteiger partial charge >= 0.3 is 5.97 Å². The van der Waals surface area contributed by atoms with Crippen LogP contribution < -0.4 is 4.90 Å². The van der Waals surface area contributed by atoms with E-state index in [1.54, 1.807) is 0 Å². The number of carbonyl (C=O) groups is 1. The number of imidazole rings is 1. The highest BCUT2D eigenvalue weighted by molar-refractivity contribution is 5.86. The van der Waals surface area contributed by atoms with Crippen molar-refractivity contribution in [3.05, 3.63) is 52.6 Å². The van der Waals surface area contributed by atoms with E-state index in [9.17, 15) is 4.79 Å². The molecule has 24 heavy (non-hydrogen) atoms. The lowest BCUT2D eigenvalue weighted by atomic mass is 10.0. The summed E-state index contributed by atoms with van der Waals surface area (Å²) in [5.74, 6) is -0.197. The first-order valence-electron chi connectivity index (χ1n) is 7.81. The Morgan fingerprint density at radius 2 is 2.12 bits per heavy atom. The van der Waals surface area contributed by atoms with Gasteiger partial charge in [-0.25, -0.2) is 14.3 Å². The first-order chi connectivity index (χ1) is 11.5. The Morgan fingerprint density at radius 3 is 2.92 bits per heavy atom. The Kier molecular flexibility index (Phi) is 3.23. The highest BCUT2D eigenvalue weighted by Gasteiger charge is 2.21. The molecule has 0 atom stereocenters. The molecule has 1 N–H and O–H groups in total. The van der Waals surface area contributed by atoms with Gasteiger partial charge < -0.3 is 10.0 Å². The summed E-state index contributed by atoms with van der Waals surface area (Å²) in [4.78, 5) is 21.9. The van der Waals surface area contributed by atoms with Gasteiger partial charge in [0.05, 0.1) is 6.20 Å². The van der Waals surface area contributed by atoms with Crippen molar-refractivity contribution in [3.63, 3.8) is 0 Å². The Hall–Kier alpha value is -2.96. The third-order valence-corrected chi connectivity index (χ3v) is 4.31. The Balaban J connectivity index is 1.73. The van der Waals surface area contributed by atoms with Gasteiger partial charge in [-0.2, -0.15) is 0 Å². The number of rotatable bonds is 2. The molecule has 0 saturated carbocycles. The predicted molar refractivity (Wildman–Crippen MR) is 88.4 cm³/mol. The average Bonchev–Trinajstić information content (AvgIpc) is 2.96. The molecule has 4 rings (SSSR count). The van der Waals surface area contributed by atoms with E-state index in [0.717, 1.165) is 42.1 Å². The number of anilines is 1. The van der Waals surface area contributed by atoms with Crippen molar-refractivity contribution in [1.29, 1.82) is 0 Å². The van der Waals surface area contributed by atoms with Crippen LogP contribution in [0, 0.1) is 13.8 Å². The molecule has 0 fully saturated rings. The maximum Gasteiger partial charge on any atom is 0.356 e. The quantitative estimate of drug-likeness (QED) is 0.776. The van der Waals surface area contributed by atoms with E-state index in [1.807, 2.05) is 26.1 Å². The molecule has 0 bridgehead atoms. The number of aromatic nitrogens is 4. The van der Waals surface area contributed by atoms with Gasteiger partial charge in [-0.15, -0.1) is 5.10 Å². The zero-order valence-electron chi connectivity index (χ0n) is 13.5. The number of carboxylic acids is 1. The van der Waals surface area contributed by atoms with Gasteiger partial charge in [-0.1, -0.05) is 6.07 Å². The molecule has 0 aliphatic carbocycles. The summed E-state index contributed by atoms with van der Waals surface area (Å²) in [6, 6.07) is 4.04. The molecule has 7 nitrogen and oxygen atoms in total. The second-order valence-corrected chi connectivity index (χ2v) is 6.18. The van der Waals surface area contributed by atoms with E-state index in [1.165, 1.54) is 16.3 Å². The molecule has 3 aromatic rings. The first-order valence-corrected chi connectivity index (χ1v) is 7.81. The molecule has 0 unspecified atom stereocenters. The molecule has 7 heteroatoms. The van der Waals surface area contributed by atoms with Crippen LogP contribution in [0.25, 0.3) is 5.65 Å². The fraction of sp³-hybridized carbons (Fsp3) is 0.294. The zero-order chi connectivity index (χ0) is 16.8. The molecule has 1 aliphatic rings. The number of nitrogens with zero attached hydrogens (tertiary/aromatic N) is 5. The summed E-state index contributed by atoms with van der Waals surface area (Å²) in [5.41, 5.74) is 5.04. The minimum absolute atomic E-state index is 0.00265. The van der Waals surface area contributed by atoms with Gasteiger partial charge in [-0.05, 0) is 36.6 Å². The standard InChI is InChI=1S/C17H17N5O2/c1-10-5-12-8-21(4-3-13(12)18-7-10)16-11(2)6-15-19-14(17(23)24)9-22(15)20-16/h5-7,9H,3-4,8H2,1-2H3,(H,23,24). The van der Waals surface area contributed by atoms with Gasteiger partial charge in [0.25, 0.3) is 0 Å². The number of aryl methyl sites for hydroxylation is 2. The normalized spacial score (nSPS) is 14.0. The Labute approximate surface area is 138 Å². The van der Waals surface area contributed by atoms with Crippen molar-refractivity contribution in [2.45, 2.75) is 26.8 Å². The first kappa shape index (κ1) is 14.6. The molecular weight excluding hydrogens is 306 g/mol. The SMILES string of the molecule is Cc1cnc2c(c1)CN(c1nn3cc(C(=O)O)nc3cc1C)CC2. The number of hydrogen-bond acceptors (Lipinski definition) is 5. The molecule has 0 spiro atoms. The molecule has 0 saturated heterocycles. The molecule has 122 valence electrons. The Morgan fingerprint density at radius 1 is 1.29 bits per heavy atom. The predicted octanol–water partition coefficient (Wildman–Crippen LogP) is 2.00. The highest BCUT2D eigenvalue weighted by Crippen LogP contribution is 2.25. The molecule has 0 radical (unpaired) electrons. The minimum atomic E-state index is -1.05. The molecule has 1 aliphatic heterocycles. The summed E-state index contributed by atoms with van der Waals surface area (Å²) < 4.78 is 1.54. The molecule has 0 amide bonds. The van der Waals surface area contributed by atoms with Crippen molar-refractivity contribution < 1.29 is 9.90 Å². The molecular formula is C17H17N5O2. The number of aromatic carboxylic acids is 1. The van der Waals surface area contributed by atoms with Crippen molar-refractivity contribution in [3.8, 4) is 0 Å². The maximum atomic E-state index is 11.1. The van der Waals surface area contributed by atoms with Gasteiger partial charge in [0.2, 0.25) is 0 Å². The second kappa shape index (κ2) is 5.30. The molecule has 4 heterocycles. The maximum absolute atomic E-state index is 11.1. The van der Waals surface area contributed by atoms with Crippen molar-refractivity contribution >= 4 is 17.4 Å². The average molecular weight is 323 g/mol. The van der Waals surface area contributed by atoms with Crippen LogP contribution in [-0.4, -0.2) is 37.2 Å². The van der Waals surface area contributed by atoms with E-state index < -0.39 is 5.97 Å². The van der Waals surface area contributed by atoms with Gasteiger partial charge in [0.15, 0.2) is 17.2 Å². The van der Waals surface area contributed by atoms with E-state index >= 15 is 0 Å². The smallest absolute Gasteiger partial charge is 0.356 e. The third-order valence-electron chi connectivity index (χ3n) is 4.31. The summed E-state index contributed by atoms with van der Waals surface area (Å²) in [7, 11) is 0. The Bertz CT molecular complexity index is 963. The van der Waals surface area contributed by atoms with Crippen LogP contribution in [0.4, 0.5) is 5.82 Å².